The molecule has 84 valence electrons. The number of benzene rings is 1. The van der Waals surface area contributed by atoms with Crippen LogP contribution in [0.25, 0.3) is 16.9 Å². The van der Waals surface area contributed by atoms with Crippen LogP contribution in [0.15, 0.2) is 36.7 Å². The van der Waals surface area contributed by atoms with Gasteiger partial charge in [-0.05, 0) is 19.1 Å². The first-order valence-corrected chi connectivity index (χ1v) is 5.28. The number of nitrogens with zero attached hydrogens (tertiary/aromatic N) is 4. The summed E-state index contributed by atoms with van der Waals surface area (Å²) in [6, 6.07) is 7.91. The van der Waals surface area contributed by atoms with E-state index in [2.05, 4.69) is 15.0 Å². The van der Waals surface area contributed by atoms with Crippen molar-refractivity contribution in [2.75, 3.05) is 5.73 Å². The van der Waals surface area contributed by atoms with Crippen LogP contribution in [0.1, 0.15) is 5.82 Å². The van der Waals surface area contributed by atoms with Crippen molar-refractivity contribution in [3.05, 3.63) is 42.5 Å². The molecule has 0 fully saturated rings. The van der Waals surface area contributed by atoms with E-state index < -0.39 is 0 Å². The van der Waals surface area contributed by atoms with Crippen molar-refractivity contribution < 1.29 is 0 Å². The highest BCUT2D eigenvalue weighted by Crippen LogP contribution is 2.19. The standard InChI is InChI=1S/C12H11N5/c1-8-15-9-4-2-3-5-10(9)17(8)12-7-14-6-11(13)16-12/h2-7H,1H3,(H2,13,16). The van der Waals surface area contributed by atoms with Gasteiger partial charge in [0.05, 0.1) is 23.4 Å². The van der Waals surface area contributed by atoms with Gasteiger partial charge in [-0.2, -0.15) is 0 Å². The van der Waals surface area contributed by atoms with Gasteiger partial charge in [-0.25, -0.2) is 9.97 Å². The van der Waals surface area contributed by atoms with E-state index in [0.29, 0.717) is 11.6 Å². The molecule has 1 aromatic carbocycles. The molecular weight excluding hydrogens is 214 g/mol. The van der Waals surface area contributed by atoms with Crippen LogP contribution in [0, 0.1) is 6.92 Å². The quantitative estimate of drug-likeness (QED) is 0.684. The molecule has 0 radical (unpaired) electrons. The summed E-state index contributed by atoms with van der Waals surface area (Å²) < 4.78 is 1.94. The number of fused-ring (bicyclic) bond motifs is 1. The predicted molar refractivity (Wildman–Crippen MR) is 65.8 cm³/mol. The molecule has 17 heavy (non-hydrogen) atoms. The fourth-order valence-corrected chi connectivity index (χ4v) is 1.91. The van der Waals surface area contributed by atoms with E-state index in [4.69, 9.17) is 5.73 Å². The molecule has 0 aliphatic heterocycles. The van der Waals surface area contributed by atoms with Gasteiger partial charge < -0.3 is 5.73 Å². The molecular formula is C12H11N5. The SMILES string of the molecule is Cc1nc2ccccc2n1-c1cncc(N)n1. The fraction of sp³-hybridized carbons (Fsp3) is 0.0833. The number of para-hydroxylation sites is 2. The summed E-state index contributed by atoms with van der Waals surface area (Å²) in [5.74, 6) is 1.96. The van der Waals surface area contributed by atoms with Gasteiger partial charge in [-0.1, -0.05) is 12.1 Å². The van der Waals surface area contributed by atoms with Gasteiger partial charge >= 0.3 is 0 Å². The molecule has 3 aromatic rings. The maximum atomic E-state index is 5.65. The molecule has 2 N–H and O–H groups in total. The molecule has 0 bridgehead atoms. The van der Waals surface area contributed by atoms with Crippen molar-refractivity contribution in [3.8, 4) is 5.82 Å². The molecule has 5 heteroatoms. The summed E-state index contributed by atoms with van der Waals surface area (Å²) in [7, 11) is 0. The van der Waals surface area contributed by atoms with Crippen LogP contribution in [0.2, 0.25) is 0 Å². The van der Waals surface area contributed by atoms with E-state index in [0.717, 1.165) is 16.9 Å². The summed E-state index contributed by atoms with van der Waals surface area (Å²) in [5.41, 5.74) is 7.60. The third kappa shape index (κ3) is 1.52. The predicted octanol–water partition coefficient (Wildman–Crippen LogP) is 1.71. The zero-order valence-electron chi connectivity index (χ0n) is 9.33. The fourth-order valence-electron chi connectivity index (χ4n) is 1.91. The molecule has 0 saturated carbocycles. The van der Waals surface area contributed by atoms with E-state index in [-0.39, 0.29) is 0 Å². The largest absolute Gasteiger partial charge is 0.382 e. The molecule has 2 aromatic heterocycles. The number of hydrogen-bond acceptors (Lipinski definition) is 4. The Morgan fingerprint density at radius 3 is 2.76 bits per heavy atom. The van der Waals surface area contributed by atoms with Crippen molar-refractivity contribution in [1.29, 1.82) is 0 Å². The maximum Gasteiger partial charge on any atom is 0.159 e. The summed E-state index contributed by atoms with van der Waals surface area (Å²) in [6.45, 7) is 1.94. The monoisotopic (exact) mass is 225 g/mol. The summed E-state index contributed by atoms with van der Waals surface area (Å²) in [4.78, 5) is 12.8. The molecule has 2 heterocycles. The minimum absolute atomic E-state index is 0.402. The zero-order chi connectivity index (χ0) is 11.8. The number of hydrogen-bond donors (Lipinski definition) is 1. The molecule has 0 aliphatic carbocycles. The maximum absolute atomic E-state index is 5.65. The van der Waals surface area contributed by atoms with E-state index in [9.17, 15) is 0 Å². The van der Waals surface area contributed by atoms with Crippen molar-refractivity contribution in [2.24, 2.45) is 0 Å². The normalized spacial score (nSPS) is 10.9. The van der Waals surface area contributed by atoms with Crippen LogP contribution in [0.3, 0.4) is 0 Å². The van der Waals surface area contributed by atoms with E-state index in [1.165, 1.54) is 6.20 Å². The Kier molecular flexibility index (Phi) is 2.04. The third-order valence-corrected chi connectivity index (χ3v) is 2.60. The Hall–Kier alpha value is -2.43. The number of aryl methyl sites for hydroxylation is 1. The molecule has 0 amide bonds. The van der Waals surface area contributed by atoms with Gasteiger partial charge in [0.2, 0.25) is 0 Å². The van der Waals surface area contributed by atoms with Gasteiger partial charge in [0.15, 0.2) is 5.82 Å². The van der Waals surface area contributed by atoms with Crippen LogP contribution in [-0.2, 0) is 0 Å². The molecule has 0 unspecified atom stereocenters. The Labute approximate surface area is 98.0 Å². The molecule has 3 rings (SSSR count). The lowest BCUT2D eigenvalue weighted by Crippen LogP contribution is -2.03. The minimum Gasteiger partial charge on any atom is -0.382 e. The Morgan fingerprint density at radius 1 is 1.12 bits per heavy atom. The van der Waals surface area contributed by atoms with Crippen molar-refractivity contribution >= 4 is 16.9 Å². The topological polar surface area (TPSA) is 69.6 Å². The number of aromatic nitrogens is 4. The number of nitrogen functional groups attached to an aromatic ring is 1. The lowest BCUT2D eigenvalue weighted by atomic mass is 10.3. The van der Waals surface area contributed by atoms with Crippen LogP contribution in [-0.4, -0.2) is 19.5 Å². The lowest BCUT2D eigenvalue weighted by molar-refractivity contribution is 0.945. The first-order valence-electron chi connectivity index (χ1n) is 5.28. The van der Waals surface area contributed by atoms with Gasteiger partial charge in [0.25, 0.3) is 0 Å². The Morgan fingerprint density at radius 2 is 1.94 bits per heavy atom. The Bertz CT molecular complexity index is 686. The highest BCUT2D eigenvalue weighted by Gasteiger charge is 2.09. The highest BCUT2D eigenvalue weighted by molar-refractivity contribution is 5.77. The molecule has 0 aliphatic rings. The summed E-state index contributed by atoms with van der Waals surface area (Å²) >= 11 is 0. The minimum atomic E-state index is 0.402. The van der Waals surface area contributed by atoms with E-state index >= 15 is 0 Å². The number of nitrogens with two attached hydrogens (primary N) is 1. The number of rotatable bonds is 1. The smallest absolute Gasteiger partial charge is 0.159 e. The van der Waals surface area contributed by atoms with Crippen molar-refractivity contribution in [1.82, 2.24) is 19.5 Å². The van der Waals surface area contributed by atoms with Crippen LogP contribution < -0.4 is 5.73 Å². The van der Waals surface area contributed by atoms with Gasteiger partial charge in [0.1, 0.15) is 11.6 Å². The van der Waals surface area contributed by atoms with Gasteiger partial charge in [-0.3, -0.25) is 9.55 Å². The lowest BCUT2D eigenvalue weighted by Gasteiger charge is -2.05. The van der Waals surface area contributed by atoms with Crippen molar-refractivity contribution in [2.45, 2.75) is 6.92 Å². The second-order valence-corrected chi connectivity index (χ2v) is 3.79. The Balaban J connectivity index is 2.33. The molecule has 0 spiro atoms. The molecule has 5 nitrogen and oxygen atoms in total. The summed E-state index contributed by atoms with van der Waals surface area (Å²) in [6.07, 6.45) is 3.20. The molecule has 0 saturated heterocycles. The summed E-state index contributed by atoms with van der Waals surface area (Å²) in [5, 5.41) is 0. The first kappa shape index (κ1) is 9.77. The van der Waals surface area contributed by atoms with Gasteiger partial charge in [-0.15, -0.1) is 0 Å². The van der Waals surface area contributed by atoms with E-state index in [1.54, 1.807) is 6.20 Å². The average molecular weight is 225 g/mol. The first-order chi connectivity index (χ1) is 8.25. The second-order valence-electron chi connectivity index (χ2n) is 3.79. The number of anilines is 1. The number of imidazole rings is 1. The van der Waals surface area contributed by atoms with E-state index in [1.807, 2.05) is 35.8 Å². The van der Waals surface area contributed by atoms with Crippen LogP contribution in [0.5, 0.6) is 0 Å². The zero-order valence-corrected chi connectivity index (χ0v) is 9.33. The van der Waals surface area contributed by atoms with Crippen LogP contribution >= 0.6 is 0 Å². The molecule has 0 atom stereocenters. The third-order valence-electron chi connectivity index (χ3n) is 2.60. The van der Waals surface area contributed by atoms with Gasteiger partial charge in [0, 0.05) is 0 Å². The van der Waals surface area contributed by atoms with Crippen LogP contribution in [0.4, 0.5) is 5.82 Å². The highest BCUT2D eigenvalue weighted by atomic mass is 15.2. The second kappa shape index (κ2) is 3.55. The van der Waals surface area contributed by atoms with Crippen molar-refractivity contribution in [3.63, 3.8) is 0 Å². The average Bonchev–Trinajstić information content (AvgIpc) is 2.64.